The predicted molar refractivity (Wildman–Crippen MR) is 78.4 cm³/mol. The van der Waals surface area contributed by atoms with Crippen molar-refractivity contribution in [2.75, 3.05) is 11.9 Å². The van der Waals surface area contributed by atoms with E-state index in [1.54, 1.807) is 30.3 Å². The first-order valence-electron chi connectivity index (χ1n) is 6.03. The van der Waals surface area contributed by atoms with Crippen molar-refractivity contribution in [2.24, 2.45) is 0 Å². The number of hydrogen-bond donors (Lipinski definition) is 2. The van der Waals surface area contributed by atoms with Gasteiger partial charge in [-0.15, -0.1) is 0 Å². The molecule has 0 saturated heterocycles. The first-order valence-corrected chi connectivity index (χ1v) is 6.41. The number of phenols is 1. The highest BCUT2D eigenvalue weighted by molar-refractivity contribution is 6.31. The number of carbonyl (C=O) groups is 1. The van der Waals surface area contributed by atoms with Crippen molar-refractivity contribution in [3.63, 3.8) is 0 Å². The third kappa shape index (κ3) is 3.65. The number of halogens is 1. The number of nitrogens with one attached hydrogen (secondary N) is 1. The maximum absolute atomic E-state index is 11.8. The van der Waals surface area contributed by atoms with Gasteiger partial charge in [-0.3, -0.25) is 4.79 Å². The minimum absolute atomic E-state index is 0.000707. The van der Waals surface area contributed by atoms with Gasteiger partial charge in [-0.25, -0.2) is 0 Å². The Labute approximate surface area is 122 Å². The summed E-state index contributed by atoms with van der Waals surface area (Å²) in [7, 11) is 0. The Kier molecular flexibility index (Phi) is 4.48. The largest absolute Gasteiger partial charge is 0.504 e. The van der Waals surface area contributed by atoms with Crippen LogP contribution in [0.4, 0.5) is 5.69 Å². The highest BCUT2D eigenvalue weighted by Crippen LogP contribution is 2.24. The Hall–Kier alpha value is -2.20. The van der Waals surface area contributed by atoms with Crippen LogP contribution in [-0.4, -0.2) is 17.6 Å². The first kappa shape index (κ1) is 14.2. The number of phenolic OH excluding ortho intramolecular Hbond substituents is 1. The zero-order valence-corrected chi connectivity index (χ0v) is 11.6. The maximum atomic E-state index is 11.8. The lowest BCUT2D eigenvalue weighted by Gasteiger charge is -2.10. The molecule has 4 nitrogen and oxygen atoms in total. The molecule has 0 saturated carbocycles. The average molecular weight is 292 g/mol. The van der Waals surface area contributed by atoms with Gasteiger partial charge in [0.05, 0.1) is 0 Å². The minimum atomic E-state index is -0.321. The van der Waals surface area contributed by atoms with Gasteiger partial charge in [0.25, 0.3) is 5.91 Å². The third-order valence-corrected chi connectivity index (χ3v) is 2.93. The molecule has 2 aromatic rings. The van der Waals surface area contributed by atoms with Crippen LogP contribution in [0.25, 0.3) is 0 Å². The van der Waals surface area contributed by atoms with Gasteiger partial charge in [0.1, 0.15) is 0 Å². The lowest BCUT2D eigenvalue weighted by atomic mass is 10.2. The van der Waals surface area contributed by atoms with E-state index in [1.165, 1.54) is 6.07 Å². The summed E-state index contributed by atoms with van der Waals surface area (Å²) >= 11 is 5.88. The smallest absolute Gasteiger partial charge is 0.262 e. The molecule has 0 aliphatic rings. The molecule has 0 bridgehead atoms. The monoisotopic (exact) mass is 291 g/mol. The molecular weight excluding hydrogens is 278 g/mol. The summed E-state index contributed by atoms with van der Waals surface area (Å²) in [6.07, 6.45) is 0. The zero-order valence-electron chi connectivity index (χ0n) is 10.9. The predicted octanol–water partition coefficient (Wildman–Crippen LogP) is 3.37. The Morgan fingerprint density at radius 2 is 2.05 bits per heavy atom. The fourth-order valence-electron chi connectivity index (χ4n) is 1.64. The highest BCUT2D eigenvalue weighted by Gasteiger charge is 2.08. The molecule has 0 aliphatic heterocycles. The molecule has 104 valence electrons. The fourth-order valence-corrected chi connectivity index (χ4v) is 1.81. The highest BCUT2D eigenvalue weighted by atomic mass is 35.5. The molecular formula is C15H14ClNO3. The summed E-state index contributed by atoms with van der Waals surface area (Å²) in [5.41, 5.74) is 1.55. The first-order chi connectivity index (χ1) is 9.56. The molecule has 0 aromatic heterocycles. The number of ether oxygens (including phenoxy) is 1. The van der Waals surface area contributed by atoms with Gasteiger partial charge in [-0.05, 0) is 36.8 Å². The van der Waals surface area contributed by atoms with Crippen molar-refractivity contribution in [3.05, 3.63) is 53.1 Å². The maximum Gasteiger partial charge on any atom is 0.262 e. The van der Waals surface area contributed by atoms with Crippen molar-refractivity contribution in [2.45, 2.75) is 6.92 Å². The Bertz CT molecular complexity index is 628. The van der Waals surface area contributed by atoms with Gasteiger partial charge in [-0.2, -0.15) is 0 Å². The van der Waals surface area contributed by atoms with E-state index in [9.17, 15) is 9.90 Å². The quantitative estimate of drug-likeness (QED) is 0.908. The number of carbonyl (C=O) groups excluding carboxylic acids is 1. The van der Waals surface area contributed by atoms with E-state index in [4.69, 9.17) is 16.3 Å². The minimum Gasteiger partial charge on any atom is -0.504 e. The van der Waals surface area contributed by atoms with Crippen LogP contribution in [0, 0.1) is 6.92 Å². The summed E-state index contributed by atoms with van der Waals surface area (Å²) in [6.45, 7) is 1.68. The van der Waals surface area contributed by atoms with E-state index in [-0.39, 0.29) is 24.0 Å². The average Bonchev–Trinajstić information content (AvgIpc) is 2.42. The van der Waals surface area contributed by atoms with Gasteiger partial charge < -0.3 is 15.2 Å². The van der Waals surface area contributed by atoms with Crippen molar-refractivity contribution in [1.82, 2.24) is 0 Å². The van der Waals surface area contributed by atoms with Crippen LogP contribution in [0.5, 0.6) is 11.5 Å². The summed E-state index contributed by atoms with van der Waals surface area (Å²) < 4.78 is 5.25. The summed E-state index contributed by atoms with van der Waals surface area (Å²) in [4.78, 5) is 11.8. The van der Waals surface area contributed by atoms with E-state index in [0.717, 1.165) is 5.56 Å². The van der Waals surface area contributed by atoms with E-state index < -0.39 is 0 Å². The molecule has 0 atom stereocenters. The number of anilines is 1. The van der Waals surface area contributed by atoms with Crippen molar-refractivity contribution in [1.29, 1.82) is 0 Å². The van der Waals surface area contributed by atoms with Gasteiger partial charge in [0.2, 0.25) is 0 Å². The van der Waals surface area contributed by atoms with E-state index in [2.05, 4.69) is 5.32 Å². The molecule has 20 heavy (non-hydrogen) atoms. The second kappa shape index (κ2) is 6.30. The molecule has 0 radical (unpaired) electrons. The van der Waals surface area contributed by atoms with E-state index >= 15 is 0 Å². The van der Waals surface area contributed by atoms with Gasteiger partial charge in [0, 0.05) is 10.7 Å². The van der Waals surface area contributed by atoms with Gasteiger partial charge in [-0.1, -0.05) is 29.8 Å². The standard InChI is InChI=1S/C15H14ClNO3/c1-10-6-7-11(16)8-12(10)17-15(19)9-20-14-5-3-2-4-13(14)18/h2-8,18H,9H2,1H3,(H,17,19). The van der Waals surface area contributed by atoms with Crippen molar-refractivity contribution < 1.29 is 14.6 Å². The molecule has 2 aromatic carbocycles. The van der Waals surface area contributed by atoms with Crippen LogP contribution in [0.3, 0.4) is 0 Å². The number of benzene rings is 2. The van der Waals surface area contributed by atoms with Crippen LogP contribution in [-0.2, 0) is 4.79 Å². The second-order valence-electron chi connectivity index (χ2n) is 4.26. The number of amides is 1. The van der Waals surface area contributed by atoms with Crippen LogP contribution < -0.4 is 10.1 Å². The summed E-state index contributed by atoms with van der Waals surface area (Å²) in [5, 5.41) is 12.8. The summed E-state index contributed by atoms with van der Waals surface area (Å²) in [6, 6.07) is 11.7. The number of aryl methyl sites for hydroxylation is 1. The topological polar surface area (TPSA) is 58.6 Å². The Morgan fingerprint density at radius 3 is 2.80 bits per heavy atom. The number of rotatable bonds is 4. The second-order valence-corrected chi connectivity index (χ2v) is 4.70. The van der Waals surface area contributed by atoms with Crippen molar-refractivity contribution in [3.8, 4) is 11.5 Å². The number of para-hydroxylation sites is 2. The molecule has 2 rings (SSSR count). The molecule has 0 heterocycles. The molecule has 0 aliphatic carbocycles. The van der Waals surface area contributed by atoms with E-state index in [0.29, 0.717) is 10.7 Å². The fraction of sp³-hybridized carbons (Fsp3) is 0.133. The Balaban J connectivity index is 1.96. The molecule has 5 heteroatoms. The molecule has 0 spiro atoms. The number of hydrogen-bond acceptors (Lipinski definition) is 3. The normalized spacial score (nSPS) is 10.1. The molecule has 2 N–H and O–H groups in total. The van der Waals surface area contributed by atoms with Crippen LogP contribution in [0.1, 0.15) is 5.56 Å². The van der Waals surface area contributed by atoms with E-state index in [1.807, 2.05) is 13.0 Å². The lowest BCUT2D eigenvalue weighted by Crippen LogP contribution is -2.20. The zero-order chi connectivity index (χ0) is 14.5. The molecule has 0 unspecified atom stereocenters. The van der Waals surface area contributed by atoms with Crippen LogP contribution in [0.2, 0.25) is 5.02 Å². The SMILES string of the molecule is Cc1ccc(Cl)cc1NC(=O)COc1ccccc1O. The lowest BCUT2D eigenvalue weighted by molar-refractivity contribution is -0.118. The van der Waals surface area contributed by atoms with Crippen molar-refractivity contribution >= 4 is 23.2 Å². The van der Waals surface area contributed by atoms with Gasteiger partial charge >= 0.3 is 0 Å². The molecule has 1 amide bonds. The van der Waals surface area contributed by atoms with Gasteiger partial charge in [0.15, 0.2) is 18.1 Å². The number of aromatic hydroxyl groups is 1. The van der Waals surface area contributed by atoms with Crippen LogP contribution >= 0.6 is 11.6 Å². The Morgan fingerprint density at radius 1 is 1.30 bits per heavy atom. The van der Waals surface area contributed by atoms with Crippen LogP contribution in [0.15, 0.2) is 42.5 Å². The third-order valence-electron chi connectivity index (χ3n) is 2.70. The summed E-state index contributed by atoms with van der Waals surface area (Å²) in [5.74, 6) is -0.0525. The molecule has 0 fully saturated rings.